The SMILES string of the molecule is NCc1c(N2CCN(Cc3ccccc3)CC2)nc2ccccn12. The largest absolute Gasteiger partial charge is 0.352 e. The second-order valence-electron chi connectivity index (χ2n) is 6.26. The summed E-state index contributed by atoms with van der Waals surface area (Å²) in [5, 5.41) is 0. The number of nitrogens with zero attached hydrogens (tertiary/aromatic N) is 4. The number of benzene rings is 1. The Bertz CT molecular complexity index is 803. The molecule has 3 aromatic rings. The van der Waals surface area contributed by atoms with Gasteiger partial charge in [0.15, 0.2) is 5.82 Å². The number of pyridine rings is 1. The fourth-order valence-corrected chi connectivity index (χ4v) is 3.44. The minimum atomic E-state index is 0.505. The van der Waals surface area contributed by atoms with Crippen molar-refractivity contribution in [1.82, 2.24) is 14.3 Å². The van der Waals surface area contributed by atoms with E-state index in [1.165, 1.54) is 5.56 Å². The van der Waals surface area contributed by atoms with Gasteiger partial charge in [0.25, 0.3) is 0 Å². The van der Waals surface area contributed by atoms with Gasteiger partial charge in [-0.3, -0.25) is 4.90 Å². The molecule has 5 nitrogen and oxygen atoms in total. The van der Waals surface area contributed by atoms with Gasteiger partial charge in [0.05, 0.1) is 5.69 Å². The highest BCUT2D eigenvalue weighted by molar-refractivity contribution is 5.56. The average Bonchev–Trinajstić information content (AvgIpc) is 3.02. The Kier molecular flexibility index (Phi) is 4.19. The van der Waals surface area contributed by atoms with Crippen LogP contribution in [-0.2, 0) is 13.1 Å². The summed E-state index contributed by atoms with van der Waals surface area (Å²) >= 11 is 0. The van der Waals surface area contributed by atoms with Gasteiger partial charge >= 0.3 is 0 Å². The molecule has 124 valence electrons. The van der Waals surface area contributed by atoms with Crippen LogP contribution in [0.4, 0.5) is 5.82 Å². The molecule has 4 rings (SSSR count). The number of fused-ring (bicyclic) bond motifs is 1. The number of aromatic nitrogens is 2. The molecule has 2 aromatic heterocycles. The second-order valence-corrected chi connectivity index (χ2v) is 6.26. The maximum absolute atomic E-state index is 6.00. The van der Waals surface area contributed by atoms with Crippen LogP contribution >= 0.6 is 0 Å². The van der Waals surface area contributed by atoms with E-state index in [9.17, 15) is 0 Å². The molecule has 0 radical (unpaired) electrons. The number of anilines is 1. The molecule has 1 aliphatic heterocycles. The lowest BCUT2D eigenvalue weighted by Gasteiger charge is -2.35. The maximum atomic E-state index is 6.00. The van der Waals surface area contributed by atoms with Crippen molar-refractivity contribution in [2.75, 3.05) is 31.1 Å². The Morgan fingerprint density at radius 3 is 2.42 bits per heavy atom. The van der Waals surface area contributed by atoms with Crippen molar-refractivity contribution in [3.05, 3.63) is 66.0 Å². The van der Waals surface area contributed by atoms with Gasteiger partial charge in [-0.1, -0.05) is 36.4 Å². The molecule has 1 aromatic carbocycles. The van der Waals surface area contributed by atoms with Crippen molar-refractivity contribution >= 4 is 11.5 Å². The van der Waals surface area contributed by atoms with Crippen molar-refractivity contribution < 1.29 is 0 Å². The molecule has 1 aliphatic rings. The van der Waals surface area contributed by atoms with Gasteiger partial charge in [0.2, 0.25) is 0 Å². The Morgan fingerprint density at radius 1 is 0.917 bits per heavy atom. The Balaban J connectivity index is 1.48. The van der Waals surface area contributed by atoms with E-state index in [0.717, 1.165) is 49.9 Å². The summed E-state index contributed by atoms with van der Waals surface area (Å²) in [6.45, 7) is 5.60. The van der Waals surface area contributed by atoms with Crippen LogP contribution in [0, 0.1) is 0 Å². The highest BCUT2D eigenvalue weighted by atomic mass is 15.3. The molecule has 0 saturated carbocycles. The fourth-order valence-electron chi connectivity index (χ4n) is 3.44. The Hall–Kier alpha value is -2.37. The fraction of sp³-hybridized carbons (Fsp3) is 0.316. The molecular weight excluding hydrogens is 298 g/mol. The smallest absolute Gasteiger partial charge is 0.152 e. The Labute approximate surface area is 142 Å². The van der Waals surface area contributed by atoms with E-state index in [1.807, 2.05) is 24.4 Å². The van der Waals surface area contributed by atoms with Crippen LogP contribution in [-0.4, -0.2) is 40.5 Å². The minimum absolute atomic E-state index is 0.505. The summed E-state index contributed by atoms with van der Waals surface area (Å²) < 4.78 is 2.10. The zero-order chi connectivity index (χ0) is 16.4. The standard InChI is InChI=1S/C19H23N5/c20-14-17-19(21-18-8-4-5-9-24(17)18)23-12-10-22(11-13-23)15-16-6-2-1-3-7-16/h1-9H,10-15,20H2. The third-order valence-corrected chi connectivity index (χ3v) is 4.72. The molecule has 0 spiro atoms. The number of imidazole rings is 1. The van der Waals surface area contributed by atoms with Crippen LogP contribution < -0.4 is 10.6 Å². The molecule has 0 aliphatic carbocycles. The third kappa shape index (κ3) is 2.88. The molecule has 3 heterocycles. The van der Waals surface area contributed by atoms with Crippen LogP contribution in [0.2, 0.25) is 0 Å². The predicted molar refractivity (Wildman–Crippen MR) is 97.0 cm³/mol. The predicted octanol–water partition coefficient (Wildman–Crippen LogP) is 2.12. The van der Waals surface area contributed by atoms with Crippen LogP contribution in [0.25, 0.3) is 5.65 Å². The monoisotopic (exact) mass is 321 g/mol. The zero-order valence-electron chi connectivity index (χ0n) is 13.8. The van der Waals surface area contributed by atoms with E-state index < -0.39 is 0 Å². The number of hydrogen-bond donors (Lipinski definition) is 1. The summed E-state index contributed by atoms with van der Waals surface area (Å²) in [6.07, 6.45) is 2.04. The molecule has 2 N–H and O–H groups in total. The van der Waals surface area contributed by atoms with Gasteiger partial charge in [0, 0.05) is 45.5 Å². The first-order chi connectivity index (χ1) is 11.8. The highest BCUT2D eigenvalue weighted by Gasteiger charge is 2.22. The van der Waals surface area contributed by atoms with Crippen molar-refractivity contribution in [3.63, 3.8) is 0 Å². The van der Waals surface area contributed by atoms with Crippen LogP contribution in [0.5, 0.6) is 0 Å². The summed E-state index contributed by atoms with van der Waals surface area (Å²) in [7, 11) is 0. The number of rotatable bonds is 4. The molecule has 0 atom stereocenters. The van der Waals surface area contributed by atoms with Crippen molar-refractivity contribution in [2.45, 2.75) is 13.1 Å². The first-order valence-corrected chi connectivity index (χ1v) is 8.52. The van der Waals surface area contributed by atoms with Gasteiger partial charge in [-0.15, -0.1) is 0 Å². The quantitative estimate of drug-likeness (QED) is 0.800. The van der Waals surface area contributed by atoms with Crippen LogP contribution in [0.3, 0.4) is 0 Å². The summed E-state index contributed by atoms with van der Waals surface area (Å²) in [5.41, 5.74) is 9.45. The highest BCUT2D eigenvalue weighted by Crippen LogP contribution is 2.23. The van der Waals surface area contributed by atoms with E-state index in [1.54, 1.807) is 0 Å². The van der Waals surface area contributed by atoms with Crippen molar-refractivity contribution in [1.29, 1.82) is 0 Å². The average molecular weight is 321 g/mol. The van der Waals surface area contributed by atoms with Gasteiger partial charge < -0.3 is 15.0 Å². The van der Waals surface area contributed by atoms with Crippen LogP contribution in [0.1, 0.15) is 11.3 Å². The minimum Gasteiger partial charge on any atom is -0.352 e. The second kappa shape index (κ2) is 6.63. The topological polar surface area (TPSA) is 49.8 Å². The molecule has 1 fully saturated rings. The third-order valence-electron chi connectivity index (χ3n) is 4.72. The first-order valence-electron chi connectivity index (χ1n) is 8.52. The molecule has 24 heavy (non-hydrogen) atoms. The number of hydrogen-bond acceptors (Lipinski definition) is 4. The van der Waals surface area contributed by atoms with Gasteiger partial charge in [0.1, 0.15) is 5.65 Å². The van der Waals surface area contributed by atoms with E-state index in [4.69, 9.17) is 10.7 Å². The van der Waals surface area contributed by atoms with E-state index in [2.05, 4.69) is 44.5 Å². The lowest BCUT2D eigenvalue weighted by Crippen LogP contribution is -2.46. The lowest BCUT2D eigenvalue weighted by atomic mass is 10.2. The van der Waals surface area contributed by atoms with Crippen molar-refractivity contribution in [2.24, 2.45) is 5.73 Å². The summed E-state index contributed by atoms with van der Waals surface area (Å²) in [4.78, 5) is 9.68. The molecular formula is C19H23N5. The van der Waals surface area contributed by atoms with Gasteiger partial charge in [-0.25, -0.2) is 4.98 Å². The molecule has 1 saturated heterocycles. The van der Waals surface area contributed by atoms with E-state index >= 15 is 0 Å². The first kappa shape index (κ1) is 15.2. The lowest BCUT2D eigenvalue weighted by molar-refractivity contribution is 0.249. The molecule has 0 unspecified atom stereocenters. The van der Waals surface area contributed by atoms with E-state index in [0.29, 0.717) is 6.54 Å². The number of nitrogens with two attached hydrogens (primary N) is 1. The maximum Gasteiger partial charge on any atom is 0.152 e. The van der Waals surface area contributed by atoms with Gasteiger partial charge in [-0.2, -0.15) is 0 Å². The summed E-state index contributed by atoms with van der Waals surface area (Å²) in [6, 6.07) is 16.8. The van der Waals surface area contributed by atoms with Crippen molar-refractivity contribution in [3.8, 4) is 0 Å². The van der Waals surface area contributed by atoms with E-state index in [-0.39, 0.29) is 0 Å². The molecule has 0 bridgehead atoms. The zero-order valence-corrected chi connectivity index (χ0v) is 13.8. The van der Waals surface area contributed by atoms with Gasteiger partial charge in [-0.05, 0) is 17.7 Å². The number of piperazine rings is 1. The molecule has 5 heteroatoms. The normalized spacial score (nSPS) is 16.0. The Morgan fingerprint density at radius 2 is 1.67 bits per heavy atom. The summed E-state index contributed by atoms with van der Waals surface area (Å²) in [5.74, 6) is 1.04. The molecule has 0 amide bonds. The van der Waals surface area contributed by atoms with Crippen LogP contribution in [0.15, 0.2) is 54.7 Å².